The van der Waals surface area contributed by atoms with Crippen LogP contribution in [0.4, 0.5) is 4.79 Å². The lowest BCUT2D eigenvalue weighted by molar-refractivity contribution is 0.0585. The second-order valence-corrected chi connectivity index (χ2v) is 13.0. The Hall–Kier alpha value is -4.87. The molecule has 0 aliphatic carbocycles. The molecule has 1 N–H and O–H groups in total. The van der Waals surface area contributed by atoms with Crippen LogP contribution in [0.5, 0.6) is 0 Å². The summed E-state index contributed by atoms with van der Waals surface area (Å²) in [6, 6.07) is 22.7. The van der Waals surface area contributed by atoms with Gasteiger partial charge in [0.05, 0.1) is 18.3 Å². The molecule has 5 aromatic rings. The molecule has 0 bridgehead atoms. The van der Waals surface area contributed by atoms with Crippen molar-refractivity contribution in [3.8, 4) is 10.7 Å². The van der Waals surface area contributed by atoms with Gasteiger partial charge < -0.3 is 19.4 Å². The Morgan fingerprint density at radius 2 is 1.75 bits per heavy atom. The van der Waals surface area contributed by atoms with E-state index in [0.717, 1.165) is 48.7 Å². The quantitative estimate of drug-likeness (QED) is 0.126. The lowest BCUT2D eigenvalue weighted by Crippen LogP contribution is -2.35. The number of pyridine rings is 2. The predicted molar refractivity (Wildman–Crippen MR) is 186 cm³/mol. The Morgan fingerprint density at radius 3 is 2.52 bits per heavy atom. The van der Waals surface area contributed by atoms with Gasteiger partial charge in [-0.25, -0.2) is 14.6 Å². The number of benzene rings is 2. The van der Waals surface area contributed by atoms with Gasteiger partial charge in [0.25, 0.3) is 0 Å². The van der Waals surface area contributed by atoms with Crippen LogP contribution in [0.3, 0.4) is 0 Å². The predicted octanol–water partition coefficient (Wildman–Crippen LogP) is 6.08. The van der Waals surface area contributed by atoms with Gasteiger partial charge in [0, 0.05) is 47.9 Å². The van der Waals surface area contributed by atoms with E-state index in [4.69, 9.17) is 9.47 Å². The number of alkyl carbamates (subject to hydrolysis) is 1. The zero-order chi connectivity index (χ0) is 33.3. The number of carbonyl (C=O) groups excluding carboxylic acids is 2. The van der Waals surface area contributed by atoms with Crippen LogP contribution in [0, 0.1) is 5.92 Å². The van der Waals surface area contributed by atoms with Crippen molar-refractivity contribution in [1.82, 2.24) is 24.8 Å². The van der Waals surface area contributed by atoms with Crippen LogP contribution >= 0.6 is 11.3 Å². The summed E-state index contributed by atoms with van der Waals surface area (Å²) in [7, 11) is 1.34. The van der Waals surface area contributed by atoms with Crippen molar-refractivity contribution in [3.63, 3.8) is 0 Å². The maximum atomic E-state index is 13.9. The van der Waals surface area contributed by atoms with E-state index in [1.165, 1.54) is 12.0 Å². The van der Waals surface area contributed by atoms with Crippen LogP contribution in [-0.4, -0.2) is 58.2 Å². The van der Waals surface area contributed by atoms with Gasteiger partial charge in [-0.3, -0.25) is 14.7 Å². The fourth-order valence-electron chi connectivity index (χ4n) is 6.25. The van der Waals surface area contributed by atoms with Crippen molar-refractivity contribution >= 4 is 34.3 Å². The summed E-state index contributed by atoms with van der Waals surface area (Å²) >= 11 is 1.67. The SMILES string of the molecule is COC(=O)c1c(CC2CCN(Cc3cnc(-c4ccccn4)s3)CC2)c(=O)c2ccccc2n1CCCNC(=O)OCc1ccccc1. The maximum Gasteiger partial charge on any atom is 0.407 e. The third-order valence-corrected chi connectivity index (χ3v) is 9.71. The maximum absolute atomic E-state index is 13.9. The van der Waals surface area contributed by atoms with E-state index >= 15 is 0 Å². The number of hydrogen-bond donors (Lipinski definition) is 1. The molecule has 1 aliphatic rings. The van der Waals surface area contributed by atoms with Crippen LogP contribution in [0.15, 0.2) is 90.0 Å². The summed E-state index contributed by atoms with van der Waals surface area (Å²) in [4.78, 5) is 52.1. The number of fused-ring (bicyclic) bond motifs is 1. The number of likely N-dealkylation sites (tertiary alicyclic amines) is 1. The average molecular weight is 666 g/mol. The molecule has 248 valence electrons. The van der Waals surface area contributed by atoms with Crippen molar-refractivity contribution in [3.05, 3.63) is 117 Å². The third kappa shape index (κ3) is 7.98. The number of thiazole rings is 1. The van der Waals surface area contributed by atoms with E-state index in [0.29, 0.717) is 48.1 Å². The number of nitrogens with zero attached hydrogens (tertiary/aromatic N) is 4. The second kappa shape index (κ2) is 15.8. The number of methoxy groups -OCH3 is 1. The lowest BCUT2D eigenvalue weighted by Gasteiger charge is -2.32. The molecular formula is C37H39N5O5S. The standard InChI is InChI=1S/C37H39N5O5S/c1-46-36(44)33-30(22-26-15-20-41(21-16-26)24-28-23-40-35(48-28)31-13-7-8-17-38-31)34(43)29-12-5-6-14-32(29)42(33)19-9-18-39-37(45)47-25-27-10-3-2-4-11-27/h2-8,10-14,17,23,26H,9,15-16,18-22,24-25H2,1H3,(H,39,45). The number of piperidine rings is 1. The van der Waals surface area contributed by atoms with Crippen LogP contribution < -0.4 is 10.7 Å². The first-order chi connectivity index (χ1) is 23.5. The molecule has 1 amide bonds. The molecule has 0 unspecified atom stereocenters. The smallest absolute Gasteiger partial charge is 0.407 e. The highest BCUT2D eigenvalue weighted by molar-refractivity contribution is 7.14. The fraction of sp³-hybridized carbons (Fsp3) is 0.324. The highest BCUT2D eigenvalue weighted by Crippen LogP contribution is 2.28. The summed E-state index contributed by atoms with van der Waals surface area (Å²) in [6.07, 6.45) is 6.05. The van der Waals surface area contributed by atoms with E-state index in [9.17, 15) is 14.4 Å². The Labute approximate surface area is 283 Å². The molecule has 1 aliphatic heterocycles. The number of aryl methyl sites for hydroxylation is 1. The fourth-order valence-corrected chi connectivity index (χ4v) is 7.19. The van der Waals surface area contributed by atoms with Crippen LogP contribution in [0.2, 0.25) is 0 Å². The molecule has 6 rings (SSSR count). The van der Waals surface area contributed by atoms with Gasteiger partial charge in [-0.2, -0.15) is 0 Å². The third-order valence-electron chi connectivity index (χ3n) is 8.71. The summed E-state index contributed by atoms with van der Waals surface area (Å²) in [6.45, 7) is 3.54. The molecule has 0 radical (unpaired) electrons. The van der Waals surface area contributed by atoms with Crippen molar-refractivity contribution in [2.75, 3.05) is 26.7 Å². The number of rotatable bonds is 12. The number of ether oxygens (including phenoxy) is 2. The summed E-state index contributed by atoms with van der Waals surface area (Å²) in [5.74, 6) is -0.284. The van der Waals surface area contributed by atoms with Gasteiger partial charge >= 0.3 is 12.1 Å². The summed E-state index contributed by atoms with van der Waals surface area (Å²) in [5.41, 5.74) is 3.12. The number of amides is 1. The molecule has 0 spiro atoms. The number of para-hydroxylation sites is 1. The largest absolute Gasteiger partial charge is 0.464 e. The Balaban J connectivity index is 1.12. The molecule has 11 heteroatoms. The van der Waals surface area contributed by atoms with Gasteiger partial charge in [0.1, 0.15) is 17.3 Å². The van der Waals surface area contributed by atoms with E-state index in [-0.39, 0.29) is 18.0 Å². The molecule has 0 saturated carbocycles. The van der Waals surface area contributed by atoms with Crippen molar-refractivity contribution < 1.29 is 19.1 Å². The number of hydrogen-bond acceptors (Lipinski definition) is 9. The summed E-state index contributed by atoms with van der Waals surface area (Å²) in [5, 5.41) is 4.28. The molecule has 48 heavy (non-hydrogen) atoms. The molecule has 10 nitrogen and oxygen atoms in total. The zero-order valence-corrected chi connectivity index (χ0v) is 27.8. The van der Waals surface area contributed by atoms with E-state index in [2.05, 4.69) is 20.2 Å². The molecule has 0 atom stereocenters. The first-order valence-corrected chi connectivity index (χ1v) is 17.1. The first kappa shape index (κ1) is 33.0. The lowest BCUT2D eigenvalue weighted by atomic mass is 9.88. The van der Waals surface area contributed by atoms with E-state index < -0.39 is 12.1 Å². The van der Waals surface area contributed by atoms with Crippen molar-refractivity contribution in [2.24, 2.45) is 5.92 Å². The molecule has 1 fully saturated rings. The Kier molecular flexibility index (Phi) is 10.9. The Morgan fingerprint density at radius 1 is 0.979 bits per heavy atom. The van der Waals surface area contributed by atoms with Crippen LogP contribution in [0.25, 0.3) is 21.6 Å². The minimum atomic E-state index is -0.533. The first-order valence-electron chi connectivity index (χ1n) is 16.3. The summed E-state index contributed by atoms with van der Waals surface area (Å²) < 4.78 is 12.5. The van der Waals surface area contributed by atoms with Gasteiger partial charge in [0.2, 0.25) is 0 Å². The topological polar surface area (TPSA) is 116 Å². The Bertz CT molecular complexity index is 1900. The van der Waals surface area contributed by atoms with Gasteiger partial charge in [-0.1, -0.05) is 48.5 Å². The second-order valence-electron chi connectivity index (χ2n) is 11.9. The number of carbonyl (C=O) groups is 2. The minimum absolute atomic E-state index is 0.126. The molecule has 1 saturated heterocycles. The molecule has 2 aromatic carbocycles. The van der Waals surface area contributed by atoms with Crippen molar-refractivity contribution in [2.45, 2.75) is 45.4 Å². The van der Waals surface area contributed by atoms with E-state index in [1.54, 1.807) is 17.5 Å². The zero-order valence-electron chi connectivity index (χ0n) is 27.0. The van der Waals surface area contributed by atoms with Crippen LogP contribution in [-0.2, 0) is 35.6 Å². The number of nitrogens with one attached hydrogen (secondary N) is 1. The van der Waals surface area contributed by atoms with E-state index in [1.807, 2.05) is 83.6 Å². The van der Waals surface area contributed by atoms with Crippen LogP contribution in [0.1, 0.15) is 45.8 Å². The minimum Gasteiger partial charge on any atom is -0.464 e. The molecule has 3 aromatic heterocycles. The number of esters is 1. The van der Waals surface area contributed by atoms with Gasteiger partial charge in [-0.05, 0) is 74.5 Å². The van der Waals surface area contributed by atoms with Crippen molar-refractivity contribution in [1.29, 1.82) is 0 Å². The highest BCUT2D eigenvalue weighted by atomic mass is 32.1. The molecular weight excluding hydrogens is 627 g/mol. The molecule has 4 heterocycles. The highest BCUT2D eigenvalue weighted by Gasteiger charge is 2.27. The average Bonchev–Trinajstić information content (AvgIpc) is 3.60. The van der Waals surface area contributed by atoms with Gasteiger partial charge in [0.15, 0.2) is 5.43 Å². The monoisotopic (exact) mass is 665 g/mol. The van der Waals surface area contributed by atoms with Gasteiger partial charge in [-0.15, -0.1) is 11.3 Å². The number of aromatic nitrogens is 3. The normalized spacial score (nSPS) is 13.8.